The molecule has 0 aromatic heterocycles. The molecule has 0 saturated carbocycles. The summed E-state index contributed by atoms with van der Waals surface area (Å²) >= 11 is 6.46. The first-order valence-corrected chi connectivity index (χ1v) is 8.40. The van der Waals surface area contributed by atoms with E-state index in [2.05, 4.69) is 31.9 Å². The summed E-state index contributed by atoms with van der Waals surface area (Å²) in [7, 11) is -0.799. The van der Waals surface area contributed by atoms with Gasteiger partial charge in [0.05, 0.1) is 17.6 Å². The third kappa shape index (κ3) is 4.51. The molecule has 5 nitrogen and oxygen atoms in total. The van der Waals surface area contributed by atoms with Crippen LogP contribution in [0.5, 0.6) is 0 Å². The van der Waals surface area contributed by atoms with Gasteiger partial charge in [-0.15, -0.1) is 0 Å². The number of rotatable bonds is 6. The number of likely N-dealkylation sites (N-methyl/N-ethyl adjacent to an activating group) is 1. The first-order chi connectivity index (χ1) is 8.78. The fraction of sp³-hybridized carbons (Fsp3) is 0.455. The van der Waals surface area contributed by atoms with Crippen LogP contribution < -0.4 is 0 Å². The number of sulfonamides is 1. The number of benzene rings is 1. The highest BCUT2D eigenvalue weighted by Crippen LogP contribution is 2.27. The Hall–Kier alpha value is 0.01000. The SMILES string of the molecule is COCC(O)CN(C)S(=O)(=O)c1cc(Br)ccc1Br. The molecule has 1 unspecified atom stereocenters. The average Bonchev–Trinajstić information content (AvgIpc) is 2.32. The molecule has 0 heterocycles. The predicted molar refractivity (Wildman–Crippen MR) is 79.5 cm³/mol. The van der Waals surface area contributed by atoms with Crippen LogP contribution >= 0.6 is 31.9 Å². The van der Waals surface area contributed by atoms with E-state index in [4.69, 9.17) is 4.74 Å². The van der Waals surface area contributed by atoms with Crippen molar-refractivity contribution in [3.05, 3.63) is 27.1 Å². The summed E-state index contributed by atoms with van der Waals surface area (Å²) in [6.45, 7) is 0.0502. The number of nitrogens with zero attached hydrogens (tertiary/aromatic N) is 1. The highest BCUT2D eigenvalue weighted by atomic mass is 79.9. The maximum Gasteiger partial charge on any atom is 0.244 e. The molecule has 0 aliphatic rings. The minimum atomic E-state index is -3.66. The molecule has 1 atom stereocenters. The standard InChI is InChI=1S/C11H15Br2NO4S/c1-14(6-9(15)7-18-2)19(16,17)11-5-8(12)3-4-10(11)13/h3-5,9,15H,6-7H2,1-2H3. The zero-order valence-corrected chi connectivity index (χ0v) is 14.5. The summed E-state index contributed by atoms with van der Waals surface area (Å²) in [4.78, 5) is 0.147. The summed E-state index contributed by atoms with van der Waals surface area (Å²) in [6, 6.07) is 4.90. The number of ether oxygens (including phenoxy) is 1. The van der Waals surface area contributed by atoms with Gasteiger partial charge in [-0.05, 0) is 34.1 Å². The van der Waals surface area contributed by atoms with Crippen molar-refractivity contribution in [2.24, 2.45) is 0 Å². The Labute approximate surface area is 129 Å². The van der Waals surface area contributed by atoms with E-state index < -0.39 is 16.1 Å². The Morgan fingerprint density at radius 1 is 1.42 bits per heavy atom. The van der Waals surface area contributed by atoms with Crippen molar-refractivity contribution < 1.29 is 18.3 Å². The zero-order chi connectivity index (χ0) is 14.6. The van der Waals surface area contributed by atoms with Crippen LogP contribution in [-0.2, 0) is 14.8 Å². The highest BCUT2D eigenvalue weighted by Gasteiger charge is 2.25. The van der Waals surface area contributed by atoms with Gasteiger partial charge in [0.2, 0.25) is 10.0 Å². The molecule has 108 valence electrons. The highest BCUT2D eigenvalue weighted by molar-refractivity contribution is 9.11. The van der Waals surface area contributed by atoms with E-state index in [0.717, 1.165) is 4.31 Å². The average molecular weight is 417 g/mol. The van der Waals surface area contributed by atoms with Crippen LogP contribution in [-0.4, -0.2) is 51.2 Å². The molecule has 19 heavy (non-hydrogen) atoms. The molecule has 0 spiro atoms. The van der Waals surface area contributed by atoms with Crippen molar-refractivity contribution in [3.63, 3.8) is 0 Å². The van der Waals surface area contributed by atoms with Gasteiger partial charge < -0.3 is 9.84 Å². The lowest BCUT2D eigenvalue weighted by atomic mass is 10.4. The van der Waals surface area contributed by atoms with E-state index in [9.17, 15) is 13.5 Å². The minimum Gasteiger partial charge on any atom is -0.389 e. The maximum atomic E-state index is 12.4. The summed E-state index contributed by atoms with van der Waals surface area (Å²) < 4.78 is 31.8. The molecule has 0 aliphatic heterocycles. The van der Waals surface area contributed by atoms with Crippen molar-refractivity contribution >= 4 is 41.9 Å². The smallest absolute Gasteiger partial charge is 0.244 e. The molecule has 0 saturated heterocycles. The molecule has 0 fully saturated rings. The number of aliphatic hydroxyl groups is 1. The Morgan fingerprint density at radius 2 is 2.05 bits per heavy atom. The van der Waals surface area contributed by atoms with Crippen LogP contribution in [0.25, 0.3) is 0 Å². The van der Waals surface area contributed by atoms with Crippen LogP contribution in [0.15, 0.2) is 32.0 Å². The van der Waals surface area contributed by atoms with Crippen molar-refractivity contribution in [3.8, 4) is 0 Å². The van der Waals surface area contributed by atoms with Gasteiger partial charge in [-0.1, -0.05) is 15.9 Å². The Morgan fingerprint density at radius 3 is 2.63 bits per heavy atom. The number of halogens is 2. The number of hydrogen-bond acceptors (Lipinski definition) is 4. The van der Waals surface area contributed by atoms with Crippen LogP contribution in [0.3, 0.4) is 0 Å². The van der Waals surface area contributed by atoms with E-state index in [1.165, 1.54) is 20.2 Å². The first-order valence-electron chi connectivity index (χ1n) is 5.37. The summed E-state index contributed by atoms with van der Waals surface area (Å²) in [5.41, 5.74) is 0. The summed E-state index contributed by atoms with van der Waals surface area (Å²) in [6.07, 6.45) is -0.865. The quantitative estimate of drug-likeness (QED) is 0.768. The lowest BCUT2D eigenvalue weighted by Crippen LogP contribution is -2.36. The van der Waals surface area contributed by atoms with Gasteiger partial charge in [0.15, 0.2) is 0 Å². The molecule has 1 aromatic rings. The van der Waals surface area contributed by atoms with Crippen LogP contribution in [0.1, 0.15) is 0 Å². The van der Waals surface area contributed by atoms with Gasteiger partial charge >= 0.3 is 0 Å². The minimum absolute atomic E-state index is 0.0326. The first kappa shape index (κ1) is 17.1. The molecule has 8 heteroatoms. The van der Waals surface area contributed by atoms with Crippen LogP contribution in [0.4, 0.5) is 0 Å². The third-order valence-electron chi connectivity index (χ3n) is 2.41. The van der Waals surface area contributed by atoms with Crippen molar-refractivity contribution in [2.45, 2.75) is 11.0 Å². The molecule has 1 rings (SSSR count). The van der Waals surface area contributed by atoms with Gasteiger partial charge in [0.1, 0.15) is 0 Å². The topological polar surface area (TPSA) is 66.8 Å². The summed E-state index contributed by atoms with van der Waals surface area (Å²) in [5.74, 6) is 0. The molecule has 0 aliphatic carbocycles. The van der Waals surface area contributed by atoms with Crippen molar-refractivity contribution in [2.75, 3.05) is 27.3 Å². The van der Waals surface area contributed by atoms with Gasteiger partial charge in [-0.25, -0.2) is 8.42 Å². The van der Waals surface area contributed by atoms with Crippen molar-refractivity contribution in [1.82, 2.24) is 4.31 Å². The molecule has 1 aromatic carbocycles. The van der Waals surface area contributed by atoms with E-state index in [-0.39, 0.29) is 18.0 Å². The second-order valence-electron chi connectivity index (χ2n) is 3.97. The largest absolute Gasteiger partial charge is 0.389 e. The van der Waals surface area contributed by atoms with Crippen LogP contribution in [0.2, 0.25) is 0 Å². The third-order valence-corrected chi connectivity index (χ3v) is 5.72. The second kappa shape index (κ2) is 7.14. The molecular weight excluding hydrogens is 402 g/mol. The number of methoxy groups -OCH3 is 1. The maximum absolute atomic E-state index is 12.4. The Kier molecular flexibility index (Phi) is 6.41. The molecule has 0 amide bonds. The van der Waals surface area contributed by atoms with Crippen LogP contribution in [0, 0.1) is 0 Å². The Bertz CT molecular complexity index is 535. The van der Waals surface area contributed by atoms with Gasteiger partial charge in [0.25, 0.3) is 0 Å². The molecule has 1 N–H and O–H groups in total. The monoisotopic (exact) mass is 415 g/mol. The van der Waals surface area contributed by atoms with Gasteiger partial charge in [0, 0.05) is 29.6 Å². The molecule has 0 radical (unpaired) electrons. The van der Waals surface area contributed by atoms with E-state index in [0.29, 0.717) is 8.95 Å². The second-order valence-corrected chi connectivity index (χ2v) is 7.75. The summed E-state index contributed by atoms with van der Waals surface area (Å²) in [5, 5.41) is 9.60. The fourth-order valence-corrected chi connectivity index (χ4v) is 4.15. The van der Waals surface area contributed by atoms with Gasteiger partial charge in [-0.3, -0.25) is 0 Å². The fourth-order valence-electron chi connectivity index (χ4n) is 1.48. The molecular formula is C11H15Br2NO4S. The number of aliphatic hydroxyl groups excluding tert-OH is 1. The lowest BCUT2D eigenvalue weighted by Gasteiger charge is -2.21. The number of hydrogen-bond donors (Lipinski definition) is 1. The van der Waals surface area contributed by atoms with E-state index in [1.807, 2.05) is 0 Å². The molecule has 0 bridgehead atoms. The predicted octanol–water partition coefficient (Wildman–Crippen LogP) is 1.84. The van der Waals surface area contributed by atoms with Crippen molar-refractivity contribution in [1.29, 1.82) is 0 Å². The lowest BCUT2D eigenvalue weighted by molar-refractivity contribution is 0.0554. The van der Waals surface area contributed by atoms with E-state index >= 15 is 0 Å². The Balaban J connectivity index is 3.00. The zero-order valence-electron chi connectivity index (χ0n) is 10.5. The normalized spacial score (nSPS) is 13.8. The van der Waals surface area contributed by atoms with E-state index in [1.54, 1.807) is 12.1 Å². The van der Waals surface area contributed by atoms with Gasteiger partial charge in [-0.2, -0.15) is 4.31 Å².